The van der Waals surface area contributed by atoms with E-state index in [9.17, 15) is 14.7 Å². The summed E-state index contributed by atoms with van der Waals surface area (Å²) in [6.07, 6.45) is -0.333. The first kappa shape index (κ1) is 19.1. The predicted octanol–water partition coefficient (Wildman–Crippen LogP) is 2.65. The number of aliphatic hydroxyl groups is 1. The van der Waals surface area contributed by atoms with Crippen LogP contribution in [0.1, 0.15) is 11.1 Å². The van der Waals surface area contributed by atoms with Gasteiger partial charge in [0.25, 0.3) is 5.56 Å². The maximum Gasteiger partial charge on any atom is 0.349 e. The number of aryl methyl sites for hydroxylation is 1. The van der Waals surface area contributed by atoms with Crippen LogP contribution >= 0.6 is 0 Å². The standard InChI is InChI=1S/C24H20N4O3/c1-14-6-9-20-19(10-14)25-21-22(26-24(31)27-23(21)30)28(20)13-18(29)12-15-7-8-16-4-2-3-5-17(16)11-15/h2-11,18,29H,12-13H2,1H3,(H,27,30,31). The van der Waals surface area contributed by atoms with Crippen LogP contribution in [0.15, 0.2) is 70.3 Å². The van der Waals surface area contributed by atoms with Crippen molar-refractivity contribution in [2.45, 2.75) is 26.0 Å². The highest BCUT2D eigenvalue weighted by atomic mass is 16.3. The number of hydrogen-bond acceptors (Lipinski definition) is 5. The first-order valence-corrected chi connectivity index (χ1v) is 10.0. The van der Waals surface area contributed by atoms with Crippen LogP contribution in [0.4, 0.5) is 0 Å². The van der Waals surface area contributed by atoms with Gasteiger partial charge in [-0.25, -0.2) is 9.78 Å². The van der Waals surface area contributed by atoms with Gasteiger partial charge >= 0.3 is 5.69 Å². The Labute approximate surface area is 177 Å². The summed E-state index contributed by atoms with van der Waals surface area (Å²) in [5.74, 6) is 0.169. The quantitative estimate of drug-likeness (QED) is 0.442. The van der Waals surface area contributed by atoms with Gasteiger partial charge in [0.2, 0.25) is 0 Å². The van der Waals surface area contributed by atoms with Crippen LogP contribution in [0.3, 0.4) is 0 Å². The molecule has 0 bridgehead atoms. The normalized spacial score (nSPS) is 12.6. The summed E-state index contributed by atoms with van der Waals surface area (Å²) in [5, 5.41) is 13.2. The molecule has 31 heavy (non-hydrogen) atoms. The number of rotatable bonds is 4. The summed E-state index contributed by atoms with van der Waals surface area (Å²) < 4.78 is 1.71. The van der Waals surface area contributed by atoms with E-state index in [4.69, 9.17) is 0 Å². The second-order valence-corrected chi connectivity index (χ2v) is 7.80. The van der Waals surface area contributed by atoms with E-state index < -0.39 is 17.4 Å². The van der Waals surface area contributed by atoms with Crippen LogP contribution in [0.25, 0.3) is 33.3 Å². The van der Waals surface area contributed by atoms with E-state index >= 15 is 0 Å². The highest BCUT2D eigenvalue weighted by Gasteiger charge is 2.20. The molecular formula is C24H20N4O3. The van der Waals surface area contributed by atoms with Crippen molar-refractivity contribution in [1.29, 1.82) is 0 Å². The van der Waals surface area contributed by atoms with E-state index in [0.29, 0.717) is 17.5 Å². The molecule has 154 valence electrons. The third-order valence-corrected chi connectivity index (χ3v) is 5.44. The molecule has 0 saturated carbocycles. The van der Waals surface area contributed by atoms with Gasteiger partial charge in [-0.2, -0.15) is 4.98 Å². The Hall–Kier alpha value is -3.84. The van der Waals surface area contributed by atoms with E-state index in [1.54, 1.807) is 4.57 Å². The Morgan fingerprint density at radius 2 is 1.81 bits per heavy atom. The van der Waals surface area contributed by atoms with E-state index in [1.165, 1.54) is 0 Å². The molecule has 2 heterocycles. The van der Waals surface area contributed by atoms with Crippen LogP contribution in [-0.4, -0.2) is 30.7 Å². The van der Waals surface area contributed by atoms with E-state index in [2.05, 4.69) is 21.0 Å². The van der Waals surface area contributed by atoms with Gasteiger partial charge in [0.15, 0.2) is 11.5 Å². The lowest BCUT2D eigenvalue weighted by molar-refractivity contribution is 0.156. The fourth-order valence-electron chi connectivity index (χ4n) is 4.01. The summed E-state index contributed by atoms with van der Waals surface area (Å²) in [6, 6.07) is 19.8. The number of hydrogen-bond donors (Lipinski definition) is 2. The summed E-state index contributed by atoms with van der Waals surface area (Å²) in [5.41, 5.74) is 2.06. The first-order chi connectivity index (χ1) is 15.0. The Balaban J connectivity index is 1.57. The number of nitrogens with zero attached hydrogens (tertiary/aromatic N) is 3. The van der Waals surface area contributed by atoms with Gasteiger partial charge in [0.1, 0.15) is 0 Å². The van der Waals surface area contributed by atoms with Crippen molar-refractivity contribution in [1.82, 2.24) is 19.5 Å². The maximum atomic E-state index is 12.3. The number of benzene rings is 3. The van der Waals surface area contributed by atoms with Crippen LogP contribution in [-0.2, 0) is 13.0 Å². The first-order valence-electron chi connectivity index (χ1n) is 10.0. The number of H-pyrrole nitrogens is 1. The minimum Gasteiger partial charge on any atom is -0.391 e. The van der Waals surface area contributed by atoms with E-state index in [1.807, 2.05) is 61.5 Å². The SMILES string of the molecule is Cc1ccc2c(c1)nc1c(=O)[nH]c(=O)nc-1n2CC(O)Cc1ccc2ccccc2c1. The molecule has 0 spiro atoms. The fourth-order valence-corrected chi connectivity index (χ4v) is 4.01. The van der Waals surface area contributed by atoms with Crippen molar-refractivity contribution in [2.75, 3.05) is 0 Å². The van der Waals surface area contributed by atoms with Crippen molar-refractivity contribution in [3.05, 3.63) is 92.6 Å². The highest BCUT2D eigenvalue weighted by Crippen LogP contribution is 2.23. The van der Waals surface area contributed by atoms with Crippen molar-refractivity contribution < 1.29 is 5.11 Å². The third-order valence-electron chi connectivity index (χ3n) is 5.44. The molecule has 3 aromatic carbocycles. The van der Waals surface area contributed by atoms with E-state index in [0.717, 1.165) is 21.9 Å². The average Bonchev–Trinajstić information content (AvgIpc) is 2.74. The second-order valence-electron chi connectivity index (χ2n) is 7.80. The lowest BCUT2D eigenvalue weighted by Crippen LogP contribution is -2.30. The van der Waals surface area contributed by atoms with Crippen LogP contribution in [0.5, 0.6) is 0 Å². The van der Waals surface area contributed by atoms with Crippen molar-refractivity contribution >= 4 is 21.8 Å². The largest absolute Gasteiger partial charge is 0.391 e. The lowest BCUT2D eigenvalue weighted by Gasteiger charge is -2.20. The molecule has 3 aromatic rings. The molecule has 0 amide bonds. The maximum absolute atomic E-state index is 12.3. The molecule has 2 aliphatic rings. The highest BCUT2D eigenvalue weighted by molar-refractivity contribution is 5.83. The van der Waals surface area contributed by atoms with Crippen LogP contribution < -0.4 is 11.2 Å². The Morgan fingerprint density at radius 3 is 2.65 bits per heavy atom. The molecule has 5 rings (SSSR count). The molecule has 1 atom stereocenters. The van der Waals surface area contributed by atoms with Gasteiger partial charge in [-0.3, -0.25) is 9.78 Å². The number of aromatic nitrogens is 4. The molecule has 7 heteroatoms. The average molecular weight is 412 g/mol. The predicted molar refractivity (Wildman–Crippen MR) is 119 cm³/mol. The minimum atomic E-state index is -0.752. The zero-order valence-electron chi connectivity index (χ0n) is 16.9. The van der Waals surface area contributed by atoms with E-state index in [-0.39, 0.29) is 18.1 Å². The Morgan fingerprint density at radius 1 is 1.00 bits per heavy atom. The van der Waals surface area contributed by atoms with Crippen molar-refractivity contribution in [3.63, 3.8) is 0 Å². The lowest BCUT2D eigenvalue weighted by atomic mass is 10.0. The van der Waals surface area contributed by atoms with Crippen molar-refractivity contribution in [3.8, 4) is 11.5 Å². The number of aromatic amines is 1. The molecule has 2 N–H and O–H groups in total. The number of nitrogens with one attached hydrogen (secondary N) is 1. The van der Waals surface area contributed by atoms with Gasteiger partial charge in [-0.05, 0) is 41.0 Å². The minimum absolute atomic E-state index is 0.0793. The molecule has 0 saturated heterocycles. The number of fused-ring (bicyclic) bond motifs is 3. The Bertz CT molecular complexity index is 1520. The zero-order valence-corrected chi connectivity index (χ0v) is 16.9. The number of aliphatic hydroxyl groups excluding tert-OH is 1. The summed E-state index contributed by atoms with van der Waals surface area (Å²) in [7, 11) is 0. The second kappa shape index (κ2) is 7.45. The molecule has 0 aromatic heterocycles. The molecule has 0 radical (unpaired) electrons. The van der Waals surface area contributed by atoms with Crippen molar-refractivity contribution in [2.24, 2.45) is 0 Å². The summed E-state index contributed by atoms with van der Waals surface area (Å²) in [6.45, 7) is 2.11. The van der Waals surface area contributed by atoms with Crippen LogP contribution in [0.2, 0.25) is 0 Å². The molecule has 0 aliphatic carbocycles. The third kappa shape index (κ3) is 3.60. The van der Waals surface area contributed by atoms with Crippen LogP contribution in [0, 0.1) is 6.92 Å². The molecule has 0 fully saturated rings. The summed E-state index contributed by atoms with van der Waals surface area (Å²) in [4.78, 5) is 34.8. The van der Waals surface area contributed by atoms with Gasteiger partial charge in [-0.15, -0.1) is 0 Å². The summed E-state index contributed by atoms with van der Waals surface area (Å²) >= 11 is 0. The zero-order chi connectivity index (χ0) is 21.5. The molecular weight excluding hydrogens is 392 g/mol. The van der Waals surface area contributed by atoms with Gasteiger partial charge in [0, 0.05) is 6.42 Å². The molecule has 7 nitrogen and oxygen atoms in total. The Kier molecular flexibility index (Phi) is 4.60. The van der Waals surface area contributed by atoms with Gasteiger partial charge in [0.05, 0.1) is 23.7 Å². The molecule has 2 aliphatic heterocycles. The van der Waals surface area contributed by atoms with Gasteiger partial charge in [-0.1, -0.05) is 48.5 Å². The smallest absolute Gasteiger partial charge is 0.349 e. The molecule has 1 unspecified atom stereocenters. The van der Waals surface area contributed by atoms with Gasteiger partial charge < -0.3 is 9.67 Å². The monoisotopic (exact) mass is 412 g/mol. The fraction of sp³-hybridized carbons (Fsp3) is 0.167. The topological polar surface area (TPSA) is 101 Å².